The highest BCUT2D eigenvalue weighted by Crippen LogP contribution is 2.38. The number of hydrogen-bond donors (Lipinski definition) is 0. The van der Waals surface area contributed by atoms with Crippen LogP contribution in [-0.2, 0) is 0 Å². The molecule has 0 bridgehead atoms. The van der Waals surface area contributed by atoms with E-state index in [1.807, 2.05) is 39.5 Å². The van der Waals surface area contributed by atoms with Crippen molar-refractivity contribution in [3.05, 3.63) is 33.8 Å². The predicted octanol–water partition coefficient (Wildman–Crippen LogP) is 6.36. The Labute approximate surface area is 113 Å². The first-order valence-electron chi connectivity index (χ1n) is 6.83. The van der Waals surface area contributed by atoms with E-state index in [1.54, 1.807) is 5.57 Å². The van der Waals surface area contributed by atoms with Crippen molar-refractivity contribution in [2.45, 2.75) is 61.8 Å². The van der Waals surface area contributed by atoms with Gasteiger partial charge in [0.1, 0.15) is 0 Å². The summed E-state index contributed by atoms with van der Waals surface area (Å²) in [7, 11) is 0. The lowest BCUT2D eigenvalue weighted by Crippen LogP contribution is -1.87. The van der Waals surface area contributed by atoms with Crippen LogP contribution in [0.3, 0.4) is 0 Å². The van der Waals surface area contributed by atoms with Crippen LogP contribution in [0.4, 0.5) is 0 Å². The Balaban J connectivity index is 0. The average molecular weight is 254 g/mol. The van der Waals surface area contributed by atoms with E-state index in [9.17, 15) is 0 Å². The lowest BCUT2D eigenvalue weighted by molar-refractivity contribution is 1.13. The fourth-order valence-corrected chi connectivity index (χ4v) is 2.68. The molecule has 0 aromatic rings. The molecule has 17 heavy (non-hydrogen) atoms. The minimum Gasteiger partial charge on any atom is -0.126 e. The van der Waals surface area contributed by atoms with Crippen molar-refractivity contribution >= 4 is 11.8 Å². The number of thioether (sulfide) groups is 1. The van der Waals surface area contributed by atoms with Crippen LogP contribution >= 0.6 is 11.8 Å². The zero-order chi connectivity index (χ0) is 13.8. The normalized spacial score (nSPS) is 20.2. The van der Waals surface area contributed by atoms with Crippen molar-refractivity contribution in [2.24, 2.45) is 0 Å². The Morgan fingerprint density at radius 3 is 2.00 bits per heavy atom. The minimum absolute atomic E-state index is 1.24. The maximum Gasteiger partial charge on any atom is 0.00644 e. The molecule has 0 amide bonds. The van der Waals surface area contributed by atoms with Gasteiger partial charge in [-0.15, -0.1) is 11.8 Å². The second kappa shape index (κ2) is 12.0. The molecule has 1 rings (SSSR count). The molecule has 0 saturated carbocycles. The third-order valence-electron chi connectivity index (χ3n) is 2.65. The lowest BCUT2D eigenvalue weighted by atomic mass is 10.0. The van der Waals surface area contributed by atoms with Crippen molar-refractivity contribution in [1.82, 2.24) is 0 Å². The second-order valence-electron chi connectivity index (χ2n) is 3.33. The van der Waals surface area contributed by atoms with Crippen LogP contribution in [0.15, 0.2) is 33.8 Å². The maximum absolute atomic E-state index is 2.24. The van der Waals surface area contributed by atoms with Gasteiger partial charge in [-0.2, -0.15) is 0 Å². The van der Waals surface area contributed by atoms with Gasteiger partial charge >= 0.3 is 0 Å². The van der Waals surface area contributed by atoms with Gasteiger partial charge < -0.3 is 0 Å². The van der Waals surface area contributed by atoms with Crippen LogP contribution < -0.4 is 0 Å². The van der Waals surface area contributed by atoms with Gasteiger partial charge in [-0.3, -0.25) is 0 Å². The molecule has 0 unspecified atom stereocenters. The van der Waals surface area contributed by atoms with Crippen LogP contribution in [0.25, 0.3) is 0 Å². The molecular weight excluding hydrogens is 224 g/mol. The van der Waals surface area contributed by atoms with Crippen LogP contribution in [0.2, 0.25) is 0 Å². The molecule has 1 heteroatoms. The molecule has 1 aliphatic heterocycles. The van der Waals surface area contributed by atoms with Crippen LogP contribution in [0.1, 0.15) is 61.8 Å². The predicted molar refractivity (Wildman–Crippen MR) is 85.7 cm³/mol. The third kappa shape index (κ3) is 6.16. The van der Waals surface area contributed by atoms with Crippen molar-refractivity contribution in [1.29, 1.82) is 0 Å². The summed E-state index contributed by atoms with van der Waals surface area (Å²) in [6, 6.07) is 0. The van der Waals surface area contributed by atoms with E-state index in [-0.39, 0.29) is 0 Å². The summed E-state index contributed by atoms with van der Waals surface area (Å²) in [5.41, 5.74) is 4.44. The van der Waals surface area contributed by atoms with E-state index in [1.165, 1.54) is 28.2 Å². The SMILES string of the molecule is CC.CC.C\C=C(C)/C(C)=C1/CCS/C1=C/C. The Bertz CT molecular complexity index is 280. The van der Waals surface area contributed by atoms with E-state index in [0.717, 1.165) is 0 Å². The molecule has 1 fully saturated rings. The van der Waals surface area contributed by atoms with Gasteiger partial charge in [-0.25, -0.2) is 0 Å². The highest BCUT2D eigenvalue weighted by Gasteiger charge is 2.15. The van der Waals surface area contributed by atoms with Crippen LogP contribution in [0, 0.1) is 0 Å². The van der Waals surface area contributed by atoms with E-state index in [2.05, 4.69) is 39.8 Å². The zero-order valence-electron chi connectivity index (χ0n) is 13.0. The second-order valence-corrected chi connectivity index (χ2v) is 4.46. The Morgan fingerprint density at radius 1 is 1.06 bits per heavy atom. The molecule has 0 aromatic carbocycles. The zero-order valence-corrected chi connectivity index (χ0v) is 13.8. The molecule has 0 aliphatic carbocycles. The summed E-state index contributed by atoms with van der Waals surface area (Å²) >= 11 is 1.98. The van der Waals surface area contributed by atoms with E-state index in [4.69, 9.17) is 0 Å². The topological polar surface area (TPSA) is 0 Å². The summed E-state index contributed by atoms with van der Waals surface area (Å²) in [6.45, 7) is 16.7. The standard InChI is InChI=1S/C12H18S.2C2H6/c1-5-9(3)10(4)11-7-8-13-12(11)6-2;2*1-2/h5-6H,7-8H2,1-4H3;2*1-2H3/b9-5-,11-10-,12-6+;;. The molecule has 100 valence electrons. The first-order valence-corrected chi connectivity index (χ1v) is 7.81. The molecule has 0 nitrogen and oxygen atoms in total. The van der Waals surface area contributed by atoms with Gasteiger partial charge in [-0.1, -0.05) is 45.4 Å². The largest absolute Gasteiger partial charge is 0.126 e. The van der Waals surface area contributed by atoms with Crippen LogP contribution in [-0.4, -0.2) is 5.75 Å². The molecule has 1 aliphatic rings. The van der Waals surface area contributed by atoms with Gasteiger partial charge in [0.2, 0.25) is 0 Å². The lowest BCUT2D eigenvalue weighted by Gasteiger charge is -2.07. The molecule has 1 saturated heterocycles. The maximum atomic E-state index is 2.24. The van der Waals surface area contributed by atoms with E-state index >= 15 is 0 Å². The van der Waals surface area contributed by atoms with Crippen molar-refractivity contribution < 1.29 is 0 Å². The van der Waals surface area contributed by atoms with E-state index in [0.29, 0.717) is 0 Å². The van der Waals surface area contributed by atoms with Crippen LogP contribution in [0.5, 0.6) is 0 Å². The molecule has 0 N–H and O–H groups in total. The Hall–Kier alpha value is -0.430. The summed E-state index contributed by atoms with van der Waals surface area (Å²) in [6.07, 6.45) is 5.67. The molecule has 0 radical (unpaired) electrons. The molecule has 0 aromatic heterocycles. The average Bonchev–Trinajstić information content (AvgIpc) is 2.89. The van der Waals surface area contributed by atoms with Gasteiger partial charge in [0.15, 0.2) is 0 Å². The number of rotatable bonds is 1. The van der Waals surface area contributed by atoms with Crippen molar-refractivity contribution in [2.75, 3.05) is 5.75 Å². The molecule has 1 heterocycles. The van der Waals surface area contributed by atoms with Crippen molar-refractivity contribution in [3.8, 4) is 0 Å². The Morgan fingerprint density at radius 2 is 1.59 bits per heavy atom. The fourth-order valence-electron chi connectivity index (χ4n) is 1.56. The summed E-state index contributed by atoms with van der Waals surface area (Å²) in [5.74, 6) is 1.25. The molecule has 0 spiro atoms. The van der Waals surface area contributed by atoms with Gasteiger partial charge in [-0.05, 0) is 45.3 Å². The van der Waals surface area contributed by atoms with Gasteiger partial charge in [0, 0.05) is 10.7 Å². The summed E-state index contributed by atoms with van der Waals surface area (Å²) in [4.78, 5) is 1.48. The fraction of sp³-hybridized carbons (Fsp3) is 0.625. The molecular formula is C16H30S. The third-order valence-corrected chi connectivity index (χ3v) is 3.85. The van der Waals surface area contributed by atoms with Gasteiger partial charge in [0.05, 0.1) is 0 Å². The summed E-state index contributed by atoms with van der Waals surface area (Å²) < 4.78 is 0. The monoisotopic (exact) mass is 254 g/mol. The Kier molecular flexibility index (Phi) is 13.4. The minimum atomic E-state index is 1.24. The highest BCUT2D eigenvalue weighted by molar-refractivity contribution is 8.03. The first kappa shape index (κ1) is 18.9. The number of hydrogen-bond acceptors (Lipinski definition) is 1. The number of allylic oxidation sites excluding steroid dienone is 5. The summed E-state index contributed by atoms with van der Waals surface area (Å²) in [5, 5.41) is 0. The quantitative estimate of drug-likeness (QED) is 0.524. The molecule has 0 atom stereocenters. The first-order chi connectivity index (χ1) is 8.20. The van der Waals surface area contributed by atoms with Crippen molar-refractivity contribution in [3.63, 3.8) is 0 Å². The van der Waals surface area contributed by atoms with E-state index < -0.39 is 0 Å². The highest BCUT2D eigenvalue weighted by atomic mass is 32.2. The smallest absolute Gasteiger partial charge is 0.00644 e. The van der Waals surface area contributed by atoms with Gasteiger partial charge in [0.25, 0.3) is 0 Å².